The first-order chi connectivity index (χ1) is 30.1. The maximum atomic E-state index is 12.5. The van der Waals surface area contributed by atoms with Crippen LogP contribution >= 0.6 is 0 Å². The van der Waals surface area contributed by atoms with Crippen LogP contribution in [0, 0.1) is 0 Å². The second-order valence-electron chi connectivity index (χ2n) is 19.5. The normalized spacial score (nSPS) is 13.3. The van der Waals surface area contributed by atoms with Crippen LogP contribution in [0.2, 0.25) is 0 Å². The van der Waals surface area contributed by atoms with Gasteiger partial charge in [-0.15, -0.1) is 0 Å². The van der Waals surface area contributed by atoms with E-state index in [1.165, 1.54) is 257 Å². The van der Waals surface area contributed by atoms with E-state index < -0.39 is 18.2 Å². The number of allylic oxidation sites excluding steroid dienone is 2. The second-order valence-corrected chi connectivity index (χ2v) is 19.5. The van der Waals surface area contributed by atoms with Crippen molar-refractivity contribution in [3.05, 3.63) is 12.2 Å². The lowest BCUT2D eigenvalue weighted by atomic mass is 9.99. The lowest BCUT2D eigenvalue weighted by molar-refractivity contribution is -0.124. The molecule has 0 fully saturated rings. The molecule has 5 heteroatoms. The van der Waals surface area contributed by atoms with E-state index in [0.717, 1.165) is 32.1 Å². The molecule has 0 spiro atoms. The van der Waals surface area contributed by atoms with E-state index in [9.17, 15) is 20.1 Å². The smallest absolute Gasteiger partial charge is 0.220 e. The van der Waals surface area contributed by atoms with E-state index >= 15 is 0 Å². The van der Waals surface area contributed by atoms with E-state index in [4.69, 9.17) is 0 Å². The molecule has 5 nitrogen and oxygen atoms in total. The molecule has 61 heavy (non-hydrogen) atoms. The second kappa shape index (κ2) is 51.7. The summed E-state index contributed by atoms with van der Waals surface area (Å²) >= 11 is 0. The molecular weight excluding hydrogens is 751 g/mol. The minimum Gasteiger partial charge on any atom is -0.394 e. The Morgan fingerprint density at radius 3 is 0.951 bits per heavy atom. The summed E-state index contributed by atoms with van der Waals surface area (Å²) in [6.07, 6.45) is 63.6. The number of carbonyl (C=O) groups excluding carboxylic acids is 1. The first-order valence-corrected chi connectivity index (χ1v) is 28.0. The number of amides is 1. The predicted octanol–water partition coefficient (Wildman–Crippen LogP) is 17.1. The van der Waals surface area contributed by atoms with Crippen LogP contribution in [0.25, 0.3) is 0 Å². The van der Waals surface area contributed by atoms with Crippen LogP contribution in [0.15, 0.2) is 12.2 Å². The standard InChI is InChI=1S/C56H111NO4/c1-3-5-7-9-11-13-15-17-19-21-23-25-27-29-31-33-35-37-39-41-43-45-47-49-51-55(60)57-53(52-58)56(61)54(59)50-48-46-44-42-40-38-36-34-32-30-28-26-24-22-20-18-16-14-12-10-8-6-4-2/h29,31,53-54,56,58-59,61H,3-28,30,32-52H2,1-2H3,(H,57,60)/b31-29-. The molecule has 0 saturated carbocycles. The van der Waals surface area contributed by atoms with Gasteiger partial charge in [0.25, 0.3) is 0 Å². The average Bonchev–Trinajstić information content (AvgIpc) is 3.26. The van der Waals surface area contributed by atoms with Crippen LogP contribution in [-0.4, -0.2) is 46.1 Å². The minimum absolute atomic E-state index is 0.142. The fraction of sp³-hybridized carbons (Fsp3) is 0.946. The lowest BCUT2D eigenvalue weighted by Gasteiger charge is -2.26. The summed E-state index contributed by atoms with van der Waals surface area (Å²) in [5.41, 5.74) is 0. The fourth-order valence-electron chi connectivity index (χ4n) is 9.04. The fourth-order valence-corrected chi connectivity index (χ4v) is 9.04. The van der Waals surface area contributed by atoms with Gasteiger partial charge in [-0.25, -0.2) is 0 Å². The Labute approximate surface area is 382 Å². The number of hydrogen-bond acceptors (Lipinski definition) is 4. The largest absolute Gasteiger partial charge is 0.394 e. The minimum atomic E-state index is -1.14. The molecule has 3 unspecified atom stereocenters. The van der Waals surface area contributed by atoms with Gasteiger partial charge in [0.1, 0.15) is 6.10 Å². The Morgan fingerprint density at radius 2 is 0.656 bits per heavy atom. The highest BCUT2D eigenvalue weighted by atomic mass is 16.3. The van der Waals surface area contributed by atoms with Gasteiger partial charge in [0, 0.05) is 6.42 Å². The number of unbranched alkanes of at least 4 members (excludes halogenated alkanes) is 42. The lowest BCUT2D eigenvalue weighted by Crippen LogP contribution is -2.50. The first kappa shape index (κ1) is 60.1. The van der Waals surface area contributed by atoms with Gasteiger partial charge in [-0.1, -0.05) is 283 Å². The summed E-state index contributed by atoms with van der Waals surface area (Å²) < 4.78 is 0. The molecule has 0 heterocycles. The molecule has 0 bridgehead atoms. The molecule has 0 aromatic carbocycles. The molecule has 0 rings (SSSR count). The highest BCUT2D eigenvalue weighted by molar-refractivity contribution is 5.76. The summed E-state index contributed by atoms with van der Waals surface area (Å²) in [6.45, 7) is 4.22. The third kappa shape index (κ3) is 46.9. The van der Waals surface area contributed by atoms with Gasteiger partial charge in [-0.2, -0.15) is 0 Å². The van der Waals surface area contributed by atoms with Crippen molar-refractivity contribution in [1.29, 1.82) is 0 Å². The van der Waals surface area contributed by atoms with Gasteiger partial charge >= 0.3 is 0 Å². The van der Waals surface area contributed by atoms with Crippen molar-refractivity contribution in [3.63, 3.8) is 0 Å². The molecule has 364 valence electrons. The molecular formula is C56H111NO4. The quantitative estimate of drug-likeness (QED) is 0.0362. The maximum Gasteiger partial charge on any atom is 0.220 e. The van der Waals surface area contributed by atoms with E-state index in [-0.39, 0.29) is 12.5 Å². The van der Waals surface area contributed by atoms with Crippen molar-refractivity contribution < 1.29 is 20.1 Å². The van der Waals surface area contributed by atoms with Crippen LogP contribution in [-0.2, 0) is 4.79 Å². The average molecular weight is 863 g/mol. The van der Waals surface area contributed by atoms with Crippen molar-refractivity contribution in [2.24, 2.45) is 0 Å². The van der Waals surface area contributed by atoms with Gasteiger partial charge < -0.3 is 20.6 Å². The van der Waals surface area contributed by atoms with Crippen LogP contribution in [0.3, 0.4) is 0 Å². The third-order valence-electron chi connectivity index (χ3n) is 13.4. The Bertz CT molecular complexity index is 864. The van der Waals surface area contributed by atoms with Gasteiger partial charge in [-0.3, -0.25) is 4.79 Å². The molecule has 0 radical (unpaired) electrons. The van der Waals surface area contributed by atoms with Crippen LogP contribution in [0.4, 0.5) is 0 Å². The molecule has 1 amide bonds. The SMILES string of the molecule is CCCCCCCCCCCCCC/C=C\CCCCCCCCCCC(=O)NC(CO)C(O)C(O)CCCCCCCCCCCCCCCCCCCCCCCCC. The zero-order valence-corrected chi connectivity index (χ0v) is 41.6. The Balaban J connectivity index is 3.53. The first-order valence-electron chi connectivity index (χ1n) is 28.0. The van der Waals surface area contributed by atoms with E-state index in [1.54, 1.807) is 0 Å². The summed E-state index contributed by atoms with van der Waals surface area (Å²) in [6, 6.07) is -0.809. The van der Waals surface area contributed by atoms with Gasteiger partial charge in [0.05, 0.1) is 18.8 Å². The number of aliphatic hydroxyl groups is 3. The van der Waals surface area contributed by atoms with Crippen molar-refractivity contribution in [1.82, 2.24) is 5.32 Å². The van der Waals surface area contributed by atoms with Gasteiger partial charge in [-0.05, 0) is 38.5 Å². The topological polar surface area (TPSA) is 89.8 Å². The zero-order valence-electron chi connectivity index (χ0n) is 41.6. The number of hydrogen-bond donors (Lipinski definition) is 4. The Morgan fingerprint density at radius 1 is 0.393 bits per heavy atom. The third-order valence-corrected chi connectivity index (χ3v) is 13.4. The van der Waals surface area contributed by atoms with Crippen molar-refractivity contribution >= 4 is 5.91 Å². The molecule has 0 aliphatic rings. The van der Waals surface area contributed by atoms with Crippen molar-refractivity contribution in [3.8, 4) is 0 Å². The van der Waals surface area contributed by atoms with Gasteiger partial charge in [0.2, 0.25) is 5.91 Å². The summed E-state index contributed by atoms with van der Waals surface area (Å²) in [5.74, 6) is -0.142. The maximum absolute atomic E-state index is 12.5. The number of nitrogens with one attached hydrogen (secondary N) is 1. The molecule has 0 aromatic rings. The molecule has 4 N–H and O–H groups in total. The van der Waals surface area contributed by atoms with Crippen molar-refractivity contribution in [2.45, 2.75) is 334 Å². The zero-order chi connectivity index (χ0) is 44.4. The van der Waals surface area contributed by atoms with Gasteiger partial charge in [0.15, 0.2) is 0 Å². The van der Waals surface area contributed by atoms with Crippen LogP contribution in [0.1, 0.15) is 316 Å². The summed E-state index contributed by atoms with van der Waals surface area (Å²) in [4.78, 5) is 12.5. The monoisotopic (exact) mass is 862 g/mol. The molecule has 0 aliphatic carbocycles. The van der Waals surface area contributed by atoms with Crippen LogP contribution < -0.4 is 5.32 Å². The number of carbonyl (C=O) groups is 1. The number of rotatable bonds is 52. The predicted molar refractivity (Wildman–Crippen MR) is 269 cm³/mol. The molecule has 0 aliphatic heterocycles. The van der Waals surface area contributed by atoms with Crippen LogP contribution in [0.5, 0.6) is 0 Å². The van der Waals surface area contributed by atoms with E-state index in [2.05, 4.69) is 31.3 Å². The molecule has 3 atom stereocenters. The highest BCUT2D eigenvalue weighted by Crippen LogP contribution is 2.18. The highest BCUT2D eigenvalue weighted by Gasteiger charge is 2.26. The summed E-state index contributed by atoms with van der Waals surface area (Å²) in [5, 5.41) is 33.8. The Kier molecular flexibility index (Phi) is 51.0. The van der Waals surface area contributed by atoms with Crippen molar-refractivity contribution in [2.75, 3.05) is 6.61 Å². The van der Waals surface area contributed by atoms with E-state index in [1.807, 2.05) is 0 Å². The molecule has 0 saturated heterocycles. The Hall–Kier alpha value is -0.910. The van der Waals surface area contributed by atoms with E-state index in [0.29, 0.717) is 12.8 Å². The number of aliphatic hydroxyl groups excluding tert-OH is 3. The molecule has 0 aromatic heterocycles. The summed E-state index contributed by atoms with van der Waals surface area (Å²) in [7, 11) is 0.